The molecule has 0 aromatic heterocycles. The normalized spacial score (nSPS) is 24.5. The smallest absolute Gasteiger partial charge is 0.313 e. The van der Waals surface area contributed by atoms with Gasteiger partial charge in [-0.15, -0.1) is 13.2 Å². The van der Waals surface area contributed by atoms with Gasteiger partial charge in [-0.05, 0) is 53.6 Å². The summed E-state index contributed by atoms with van der Waals surface area (Å²) in [5.74, 6) is -4.00. The van der Waals surface area contributed by atoms with Crippen LogP contribution in [-0.4, -0.2) is 90.4 Å². The summed E-state index contributed by atoms with van der Waals surface area (Å²) in [6.07, 6.45) is 3.13. The Morgan fingerprint density at radius 1 is 1.06 bits per heavy atom. The number of aliphatic hydroxyl groups excluding tert-OH is 1. The van der Waals surface area contributed by atoms with E-state index in [1.54, 1.807) is 17.1 Å². The van der Waals surface area contributed by atoms with Crippen molar-refractivity contribution in [1.82, 2.24) is 10.2 Å². The molecule has 54 heavy (non-hydrogen) atoms. The van der Waals surface area contributed by atoms with Crippen LogP contribution in [0.25, 0.3) is 10.8 Å². The highest BCUT2D eigenvalue weighted by molar-refractivity contribution is 6.05. The van der Waals surface area contributed by atoms with Crippen molar-refractivity contribution in [3.63, 3.8) is 0 Å². The molecule has 0 aliphatic carbocycles. The fourth-order valence-electron chi connectivity index (χ4n) is 8.68. The van der Waals surface area contributed by atoms with E-state index in [0.717, 1.165) is 10.8 Å². The molecule has 3 amide bonds. The zero-order chi connectivity index (χ0) is 38.6. The number of aliphatic hydroxyl groups is 1. The second-order valence-corrected chi connectivity index (χ2v) is 14.8. The lowest BCUT2D eigenvalue weighted by molar-refractivity contribution is -0.163. The van der Waals surface area contributed by atoms with Crippen molar-refractivity contribution < 1.29 is 38.5 Å². The van der Waals surface area contributed by atoms with Gasteiger partial charge in [0.1, 0.15) is 17.7 Å². The Bertz CT molecular complexity index is 1870. The summed E-state index contributed by atoms with van der Waals surface area (Å²) >= 11 is 0. The third-order valence-corrected chi connectivity index (χ3v) is 11.2. The van der Waals surface area contributed by atoms with Crippen LogP contribution in [0, 0.1) is 17.8 Å². The van der Waals surface area contributed by atoms with Gasteiger partial charge in [-0.3, -0.25) is 19.2 Å². The first kappa shape index (κ1) is 38.9. The van der Waals surface area contributed by atoms with Crippen molar-refractivity contribution in [3.05, 3.63) is 104 Å². The van der Waals surface area contributed by atoms with Crippen molar-refractivity contribution in [2.24, 2.45) is 17.8 Å². The molecule has 8 atom stereocenters. The van der Waals surface area contributed by atoms with Crippen molar-refractivity contribution in [1.29, 1.82) is 0 Å². The number of benzene rings is 3. The molecule has 0 unspecified atom stereocenters. The van der Waals surface area contributed by atoms with E-state index < -0.39 is 59.6 Å². The first-order valence-corrected chi connectivity index (χ1v) is 18.8. The van der Waals surface area contributed by atoms with Crippen LogP contribution in [0.5, 0.6) is 0 Å². The van der Waals surface area contributed by atoms with Crippen LogP contribution in [0.1, 0.15) is 51.2 Å². The Hall–Kier alpha value is -4.84. The molecule has 11 nitrogen and oxygen atoms in total. The number of hydrogen-bond acceptors (Lipinski definition) is 8. The highest BCUT2D eigenvalue weighted by atomic mass is 16.6. The maximum Gasteiger partial charge on any atom is 0.313 e. The maximum absolute atomic E-state index is 15.1. The van der Waals surface area contributed by atoms with Crippen LogP contribution in [-0.2, 0) is 33.4 Å². The van der Waals surface area contributed by atoms with Gasteiger partial charge in [0.2, 0.25) is 11.8 Å². The van der Waals surface area contributed by atoms with Crippen molar-refractivity contribution in [3.8, 4) is 0 Å². The topological polar surface area (TPSA) is 135 Å². The molecule has 3 saturated heterocycles. The number of nitrogens with one attached hydrogen (secondary N) is 1. The van der Waals surface area contributed by atoms with Crippen molar-refractivity contribution in [2.45, 2.75) is 75.5 Å². The van der Waals surface area contributed by atoms with Crippen molar-refractivity contribution >= 4 is 40.2 Å². The molecule has 0 radical (unpaired) electrons. The number of allylic oxidation sites excluding steroid dienone is 1. The van der Waals surface area contributed by atoms with E-state index in [2.05, 4.69) is 18.5 Å². The number of amides is 3. The molecular weight excluding hydrogens is 686 g/mol. The Kier molecular flexibility index (Phi) is 12.0. The Morgan fingerprint density at radius 3 is 2.44 bits per heavy atom. The second kappa shape index (κ2) is 16.7. The van der Waals surface area contributed by atoms with Crippen LogP contribution in [0.3, 0.4) is 0 Å². The first-order chi connectivity index (χ1) is 26.1. The number of methoxy groups -OCH3 is 1. The third-order valence-electron chi connectivity index (χ3n) is 11.2. The predicted octanol–water partition coefficient (Wildman–Crippen LogP) is 5.13. The number of nitrogens with zero attached hydrogens (tertiary/aromatic N) is 2. The summed E-state index contributed by atoms with van der Waals surface area (Å²) in [4.78, 5) is 60.6. The minimum Gasteiger partial charge on any atom is -0.455 e. The van der Waals surface area contributed by atoms with Crippen LogP contribution in [0.4, 0.5) is 5.69 Å². The molecule has 3 aliphatic rings. The van der Waals surface area contributed by atoms with Crippen LogP contribution in [0.2, 0.25) is 0 Å². The molecule has 11 heteroatoms. The molecule has 3 fully saturated rings. The number of ether oxygens (including phenoxy) is 3. The van der Waals surface area contributed by atoms with E-state index in [0.29, 0.717) is 30.5 Å². The van der Waals surface area contributed by atoms with E-state index in [-0.39, 0.29) is 43.9 Å². The largest absolute Gasteiger partial charge is 0.455 e. The lowest BCUT2D eigenvalue weighted by atomic mass is 9.70. The average Bonchev–Trinajstić information content (AvgIpc) is 3.82. The summed E-state index contributed by atoms with van der Waals surface area (Å²) in [6.45, 7) is 11.2. The number of fused-ring (bicyclic) bond motifs is 2. The van der Waals surface area contributed by atoms with Gasteiger partial charge < -0.3 is 34.4 Å². The second-order valence-electron chi connectivity index (χ2n) is 14.8. The monoisotopic (exact) mass is 737 g/mol. The molecule has 1 spiro atoms. The molecule has 0 saturated carbocycles. The van der Waals surface area contributed by atoms with E-state index >= 15 is 4.79 Å². The number of carbonyl (C=O) groups excluding carboxylic acids is 4. The van der Waals surface area contributed by atoms with E-state index in [1.807, 2.05) is 86.6 Å². The zero-order valence-electron chi connectivity index (χ0n) is 31.3. The van der Waals surface area contributed by atoms with Gasteiger partial charge in [0, 0.05) is 25.8 Å². The minimum atomic E-state index is -1.34. The van der Waals surface area contributed by atoms with Gasteiger partial charge in [-0.25, -0.2) is 0 Å². The maximum atomic E-state index is 15.1. The van der Waals surface area contributed by atoms with Gasteiger partial charge in [-0.2, -0.15) is 0 Å². The zero-order valence-corrected chi connectivity index (χ0v) is 31.3. The molecule has 2 bridgehead atoms. The van der Waals surface area contributed by atoms with Gasteiger partial charge in [-0.1, -0.05) is 86.7 Å². The van der Waals surface area contributed by atoms with Crippen LogP contribution >= 0.6 is 0 Å². The number of esters is 1. The standard InChI is InChI=1S/C43H51N3O8/c1-6-8-18-35(48)44-32(26-52-5)38(29-15-10-9-11-16-29)53-42(51)36-34-21-22-43(54-34)37(36)40(49)46(33(25-47)27(3)4)39(43)41(50)45(23-7-2)31-20-19-28-14-12-13-17-30(28)24-31/h6-7,9-17,19-20,24,27,32-34,36-39,47H,1-2,8,18,21-23,25-26H2,3-5H3,(H,44,48)/t32-,33-,34+,36-,37-,38-,39+,43-/m0/s1. The molecule has 3 heterocycles. The molecule has 3 aromatic rings. The fourth-order valence-corrected chi connectivity index (χ4v) is 8.68. The number of rotatable bonds is 17. The predicted molar refractivity (Wildman–Crippen MR) is 205 cm³/mol. The number of anilines is 1. The number of carbonyl (C=O) groups is 4. The molecule has 2 N–H and O–H groups in total. The fraction of sp³-hybridized carbons (Fsp3) is 0.442. The van der Waals surface area contributed by atoms with Gasteiger partial charge in [0.25, 0.3) is 5.91 Å². The quantitative estimate of drug-likeness (QED) is 0.144. The van der Waals surface area contributed by atoms with E-state index in [9.17, 15) is 19.5 Å². The highest BCUT2D eigenvalue weighted by Crippen LogP contribution is 2.59. The summed E-state index contributed by atoms with van der Waals surface area (Å²) in [5.41, 5.74) is -0.0722. The third kappa shape index (κ3) is 7.20. The van der Waals surface area contributed by atoms with Gasteiger partial charge >= 0.3 is 5.97 Å². The summed E-state index contributed by atoms with van der Waals surface area (Å²) in [7, 11) is 1.50. The highest BCUT2D eigenvalue weighted by Gasteiger charge is 2.76. The molecule has 6 rings (SSSR count). The molecule has 3 aliphatic heterocycles. The SMILES string of the molecule is C=CCCC(=O)N[C@@H](COC)[C@@H](OC(=O)[C@@H]1[C@H]2C(=O)N([C@@H](CO)C(C)C)[C@H](C(=O)N(CC=C)c3ccc4ccccc4c3)[C@]23CC[C@H]1O3)c1ccccc1. The Labute approximate surface area is 316 Å². The first-order valence-electron chi connectivity index (χ1n) is 18.8. The van der Waals surface area contributed by atoms with E-state index in [4.69, 9.17) is 14.2 Å². The molecule has 3 aromatic carbocycles. The van der Waals surface area contributed by atoms with Crippen LogP contribution in [0.15, 0.2) is 98.1 Å². The number of hydrogen-bond donors (Lipinski definition) is 2. The van der Waals surface area contributed by atoms with E-state index in [1.165, 1.54) is 12.0 Å². The summed E-state index contributed by atoms with van der Waals surface area (Å²) < 4.78 is 18.6. The minimum absolute atomic E-state index is 0.0500. The lowest BCUT2D eigenvalue weighted by Crippen LogP contribution is -2.59. The van der Waals surface area contributed by atoms with Crippen molar-refractivity contribution in [2.75, 3.05) is 31.8 Å². The number of likely N-dealkylation sites (tertiary alicyclic amines) is 1. The lowest BCUT2D eigenvalue weighted by Gasteiger charge is -2.40. The van der Waals surface area contributed by atoms with Gasteiger partial charge in [0.05, 0.1) is 43.2 Å². The summed E-state index contributed by atoms with van der Waals surface area (Å²) in [5, 5.41) is 15.6. The molecule has 286 valence electrons. The van der Waals surface area contributed by atoms with Crippen LogP contribution < -0.4 is 10.2 Å². The van der Waals surface area contributed by atoms with Gasteiger partial charge in [0.15, 0.2) is 0 Å². The summed E-state index contributed by atoms with van der Waals surface area (Å²) in [6, 6.07) is 20.1. The molecular formula is C43H51N3O8. The average molecular weight is 738 g/mol. The Balaban J connectivity index is 1.38. The Morgan fingerprint density at radius 2 is 1.78 bits per heavy atom.